The van der Waals surface area contributed by atoms with Crippen molar-refractivity contribution in [2.24, 2.45) is 5.92 Å². The largest absolute Gasteiger partial charge is 0.373 e. The molecule has 0 spiro atoms. The number of hydrogen-bond donors (Lipinski definition) is 2. The van der Waals surface area contributed by atoms with Crippen molar-refractivity contribution in [2.45, 2.75) is 62.8 Å². The number of nitrogens with zero attached hydrogens (tertiary/aromatic N) is 1. The summed E-state index contributed by atoms with van der Waals surface area (Å²) in [7, 11) is 0. The first-order valence-electron chi connectivity index (χ1n) is 8.22. The molecule has 3 heterocycles. The molecule has 2 amide bonds. The number of hydrogen-bond acceptors (Lipinski definition) is 3. The zero-order valence-corrected chi connectivity index (χ0v) is 12.0. The minimum atomic E-state index is -0.00368. The summed E-state index contributed by atoms with van der Waals surface area (Å²) < 4.78 is 5.76. The van der Waals surface area contributed by atoms with Crippen molar-refractivity contribution in [3.05, 3.63) is 0 Å². The number of carbonyl (C=O) groups excluding carboxylic acids is 1. The first-order valence-corrected chi connectivity index (χ1v) is 8.22. The van der Waals surface area contributed by atoms with Crippen LogP contribution in [-0.2, 0) is 4.74 Å². The molecular formula is C15H25N3O2. The molecule has 4 unspecified atom stereocenters. The fourth-order valence-electron chi connectivity index (χ4n) is 4.05. The summed E-state index contributed by atoms with van der Waals surface area (Å²) in [6.07, 6.45) is 7.92. The van der Waals surface area contributed by atoms with E-state index in [4.69, 9.17) is 4.74 Å². The van der Waals surface area contributed by atoms with E-state index in [9.17, 15) is 4.79 Å². The highest BCUT2D eigenvalue weighted by atomic mass is 16.5. The van der Waals surface area contributed by atoms with Crippen LogP contribution in [0.3, 0.4) is 0 Å². The van der Waals surface area contributed by atoms with Crippen molar-refractivity contribution < 1.29 is 9.53 Å². The lowest BCUT2D eigenvalue weighted by atomic mass is 9.96. The fourth-order valence-corrected chi connectivity index (χ4v) is 4.05. The van der Waals surface area contributed by atoms with Crippen LogP contribution in [0.2, 0.25) is 0 Å². The molecule has 4 atom stereocenters. The first-order chi connectivity index (χ1) is 9.78. The van der Waals surface area contributed by atoms with Crippen molar-refractivity contribution in [3.63, 3.8) is 0 Å². The molecule has 112 valence electrons. The Morgan fingerprint density at radius 3 is 2.80 bits per heavy atom. The summed E-state index contributed by atoms with van der Waals surface area (Å²) in [5.74, 6) is 0.637. The number of urea groups is 1. The van der Waals surface area contributed by atoms with Gasteiger partial charge in [0.15, 0.2) is 0 Å². The molecule has 5 nitrogen and oxygen atoms in total. The smallest absolute Gasteiger partial charge is 0.315 e. The summed E-state index contributed by atoms with van der Waals surface area (Å²) in [5, 5.41) is 6.15. The van der Waals surface area contributed by atoms with Crippen LogP contribution in [0.4, 0.5) is 4.79 Å². The van der Waals surface area contributed by atoms with Crippen LogP contribution in [-0.4, -0.2) is 54.9 Å². The third-order valence-electron chi connectivity index (χ3n) is 5.35. The van der Waals surface area contributed by atoms with Crippen molar-refractivity contribution >= 4 is 6.03 Å². The quantitative estimate of drug-likeness (QED) is 0.810. The van der Waals surface area contributed by atoms with Crippen LogP contribution < -0.4 is 10.6 Å². The van der Waals surface area contributed by atoms with Crippen LogP contribution in [0.5, 0.6) is 0 Å². The summed E-state index contributed by atoms with van der Waals surface area (Å²) in [6, 6.07) is 1.09. The Hall–Kier alpha value is -0.810. The van der Waals surface area contributed by atoms with Gasteiger partial charge in [0, 0.05) is 19.1 Å². The number of ether oxygens (including phenoxy) is 1. The Bertz CT molecular complexity index is 385. The summed E-state index contributed by atoms with van der Waals surface area (Å²) in [6.45, 7) is 3.21. The molecule has 1 saturated carbocycles. The zero-order chi connectivity index (χ0) is 13.5. The van der Waals surface area contributed by atoms with E-state index in [2.05, 4.69) is 15.5 Å². The normalized spacial score (nSPS) is 40.2. The maximum atomic E-state index is 12.0. The molecule has 3 saturated heterocycles. The maximum Gasteiger partial charge on any atom is 0.315 e. The molecule has 0 radical (unpaired) electrons. The third-order valence-corrected chi connectivity index (χ3v) is 5.35. The van der Waals surface area contributed by atoms with Gasteiger partial charge in [-0.2, -0.15) is 0 Å². The molecule has 4 rings (SSSR count). The van der Waals surface area contributed by atoms with Gasteiger partial charge in [0.05, 0.1) is 18.2 Å². The maximum absolute atomic E-state index is 12.0. The predicted octanol–water partition coefficient (Wildman–Crippen LogP) is 1.09. The summed E-state index contributed by atoms with van der Waals surface area (Å²) >= 11 is 0. The van der Waals surface area contributed by atoms with Crippen LogP contribution in [0.1, 0.15) is 38.5 Å². The van der Waals surface area contributed by atoms with Gasteiger partial charge in [0.1, 0.15) is 0 Å². The first kappa shape index (κ1) is 12.9. The van der Waals surface area contributed by atoms with E-state index >= 15 is 0 Å². The van der Waals surface area contributed by atoms with E-state index < -0.39 is 0 Å². The molecule has 1 aliphatic carbocycles. The molecule has 20 heavy (non-hydrogen) atoms. The molecule has 5 heteroatoms. The van der Waals surface area contributed by atoms with E-state index in [1.165, 1.54) is 38.8 Å². The predicted molar refractivity (Wildman–Crippen MR) is 75.5 cm³/mol. The number of rotatable bonds is 4. The Morgan fingerprint density at radius 2 is 2.10 bits per heavy atom. The Kier molecular flexibility index (Phi) is 3.34. The fraction of sp³-hybridized carbons (Fsp3) is 0.933. The Morgan fingerprint density at radius 1 is 1.20 bits per heavy atom. The molecule has 0 aromatic rings. The van der Waals surface area contributed by atoms with Crippen LogP contribution >= 0.6 is 0 Å². The van der Waals surface area contributed by atoms with Gasteiger partial charge in [-0.15, -0.1) is 0 Å². The van der Waals surface area contributed by atoms with Gasteiger partial charge in [0.2, 0.25) is 0 Å². The zero-order valence-electron chi connectivity index (χ0n) is 12.0. The standard InChI is InChI=1S/C15H25N3O2/c19-15(17-13-7-12-3-4-14(13)20-12)16-8-10-5-6-18(9-10)11-1-2-11/h10-14H,1-9H2,(H2,16,17,19). The molecule has 2 bridgehead atoms. The van der Waals surface area contributed by atoms with Gasteiger partial charge in [-0.25, -0.2) is 4.79 Å². The van der Waals surface area contributed by atoms with Gasteiger partial charge in [-0.1, -0.05) is 0 Å². The van der Waals surface area contributed by atoms with Crippen molar-refractivity contribution in [1.82, 2.24) is 15.5 Å². The highest BCUT2D eigenvalue weighted by Gasteiger charge is 2.41. The van der Waals surface area contributed by atoms with E-state index in [1.54, 1.807) is 0 Å². The number of fused-ring (bicyclic) bond motifs is 2. The monoisotopic (exact) mass is 279 g/mol. The van der Waals surface area contributed by atoms with E-state index in [0.717, 1.165) is 25.4 Å². The Balaban J connectivity index is 1.17. The molecule has 2 N–H and O–H groups in total. The highest BCUT2D eigenvalue weighted by Crippen LogP contribution is 2.34. The van der Waals surface area contributed by atoms with Gasteiger partial charge in [-0.05, 0) is 51.0 Å². The second-order valence-corrected chi connectivity index (χ2v) is 6.95. The topological polar surface area (TPSA) is 53.6 Å². The summed E-state index contributed by atoms with van der Waals surface area (Å²) in [4.78, 5) is 14.6. The number of amides is 2. The lowest BCUT2D eigenvalue weighted by Gasteiger charge is -2.21. The minimum Gasteiger partial charge on any atom is -0.373 e. The third kappa shape index (κ3) is 2.66. The second-order valence-electron chi connectivity index (χ2n) is 6.95. The molecule has 0 aromatic carbocycles. The SMILES string of the molecule is O=C(NCC1CCN(C2CC2)C1)NC1CC2CCC1O2. The van der Waals surface area contributed by atoms with E-state index in [1.807, 2.05) is 0 Å². The van der Waals surface area contributed by atoms with Gasteiger partial charge in [-0.3, -0.25) is 0 Å². The molecular weight excluding hydrogens is 254 g/mol. The van der Waals surface area contributed by atoms with Crippen LogP contribution in [0.15, 0.2) is 0 Å². The van der Waals surface area contributed by atoms with Crippen molar-refractivity contribution in [1.29, 1.82) is 0 Å². The average molecular weight is 279 g/mol. The number of nitrogens with one attached hydrogen (secondary N) is 2. The average Bonchev–Trinajstić information content (AvgIpc) is 2.89. The van der Waals surface area contributed by atoms with Crippen LogP contribution in [0.25, 0.3) is 0 Å². The number of carbonyl (C=O) groups is 1. The van der Waals surface area contributed by atoms with Gasteiger partial charge in [0.25, 0.3) is 0 Å². The minimum absolute atomic E-state index is 0.00368. The second kappa shape index (κ2) is 5.19. The lowest BCUT2D eigenvalue weighted by Crippen LogP contribution is -2.47. The molecule has 3 aliphatic heterocycles. The molecule has 4 aliphatic rings. The van der Waals surface area contributed by atoms with Crippen molar-refractivity contribution in [3.8, 4) is 0 Å². The Labute approximate surface area is 120 Å². The summed E-state index contributed by atoms with van der Waals surface area (Å²) in [5.41, 5.74) is 0. The highest BCUT2D eigenvalue weighted by molar-refractivity contribution is 5.74. The van der Waals surface area contributed by atoms with Crippen LogP contribution in [0, 0.1) is 5.92 Å². The van der Waals surface area contributed by atoms with Gasteiger partial charge < -0.3 is 20.3 Å². The lowest BCUT2D eigenvalue weighted by molar-refractivity contribution is 0.0981. The number of likely N-dealkylation sites (tertiary alicyclic amines) is 1. The van der Waals surface area contributed by atoms with Gasteiger partial charge >= 0.3 is 6.03 Å². The van der Waals surface area contributed by atoms with E-state index in [0.29, 0.717) is 12.0 Å². The van der Waals surface area contributed by atoms with E-state index in [-0.39, 0.29) is 18.2 Å². The molecule has 0 aromatic heterocycles. The van der Waals surface area contributed by atoms with Crippen molar-refractivity contribution in [2.75, 3.05) is 19.6 Å². The molecule has 4 fully saturated rings.